The van der Waals surface area contributed by atoms with Crippen LogP contribution in [0.1, 0.15) is 88.0 Å². The van der Waals surface area contributed by atoms with Crippen LogP contribution in [0.4, 0.5) is 0 Å². The molecule has 1 saturated carbocycles. The fourth-order valence-corrected chi connectivity index (χ4v) is 2.13. The van der Waals surface area contributed by atoms with Crippen LogP contribution in [-0.2, 0) is 0 Å². The van der Waals surface area contributed by atoms with Crippen molar-refractivity contribution in [2.75, 3.05) is 0 Å². The lowest BCUT2D eigenvalue weighted by Gasteiger charge is -2.01. The average Bonchev–Trinajstić information content (AvgIpc) is 3.14. The summed E-state index contributed by atoms with van der Waals surface area (Å²) in [4.78, 5) is 0. The Kier molecular flexibility index (Phi) is 30.9. The monoisotopic (exact) mass is 456 g/mol. The Morgan fingerprint density at radius 3 is 1.44 bits per heavy atom. The minimum atomic E-state index is 0.296. The van der Waals surface area contributed by atoms with Crippen LogP contribution in [-0.4, -0.2) is 0 Å². The maximum Gasteiger partial charge on any atom is 0.0616 e. The summed E-state index contributed by atoms with van der Waals surface area (Å²) in [5.74, 6) is 23.1. The number of hydrogen-bond acceptors (Lipinski definition) is 0. The van der Waals surface area contributed by atoms with Crippen molar-refractivity contribution in [2.24, 2.45) is 5.92 Å². The zero-order valence-corrected chi connectivity index (χ0v) is 23.6. The van der Waals surface area contributed by atoms with Gasteiger partial charge in [-0.25, -0.2) is 0 Å². The van der Waals surface area contributed by atoms with Crippen LogP contribution >= 0.6 is 0 Å². The molecule has 0 bridgehead atoms. The molecule has 0 heterocycles. The third-order valence-corrected chi connectivity index (χ3v) is 4.15. The summed E-state index contributed by atoms with van der Waals surface area (Å²) in [5, 5.41) is 0. The maximum absolute atomic E-state index is 3.94. The molecule has 34 heavy (non-hydrogen) atoms. The molecule has 0 unspecified atom stereocenters. The van der Waals surface area contributed by atoms with Gasteiger partial charge in [-0.2, -0.15) is 0 Å². The van der Waals surface area contributed by atoms with E-state index in [0.717, 1.165) is 48.0 Å². The van der Waals surface area contributed by atoms with Crippen molar-refractivity contribution in [1.82, 2.24) is 0 Å². The number of allylic oxidation sites excluding steroid dienone is 6. The van der Waals surface area contributed by atoms with Gasteiger partial charge in [0.2, 0.25) is 0 Å². The molecule has 184 valence electrons. The predicted molar refractivity (Wildman–Crippen MR) is 159 cm³/mol. The van der Waals surface area contributed by atoms with E-state index in [2.05, 4.69) is 86.8 Å². The molecule has 0 aromatic heterocycles. The zero-order chi connectivity index (χ0) is 27.5. The predicted octanol–water partition coefficient (Wildman–Crippen LogP) is 9.65. The lowest BCUT2D eigenvalue weighted by atomic mass is 10.0. The summed E-state index contributed by atoms with van der Waals surface area (Å²) >= 11 is 0. The highest BCUT2D eigenvalue weighted by Crippen LogP contribution is 2.32. The van der Waals surface area contributed by atoms with Crippen molar-refractivity contribution < 1.29 is 0 Å². The minimum absolute atomic E-state index is 0.296. The molecule has 0 aliphatic heterocycles. The molecule has 0 aromatic rings. The van der Waals surface area contributed by atoms with E-state index in [4.69, 9.17) is 0 Å². The topological polar surface area (TPSA) is 0 Å². The standard InChI is InChI=1S/C10H12.C9H12.C8H10.C5H8.C2H6/c1-4-5-10-8(2)6-7-9(10)3;1-5-7-9(4)8(3)6-2;1-5-6-8(4)7(2)3;1-3-5-4-2;1-2/h10H,2-3,6-7H2,1H3;3-4,6H2,1-2H3;2,4H2,1,3H3;3H2,1-2H3;1-2H3. The Labute approximate surface area is 214 Å². The van der Waals surface area contributed by atoms with E-state index < -0.39 is 0 Å². The Morgan fingerprint density at radius 2 is 1.21 bits per heavy atom. The lowest BCUT2D eigenvalue weighted by molar-refractivity contribution is 1.01. The molecule has 0 spiro atoms. The molecule has 0 amide bonds. The second-order valence-corrected chi connectivity index (χ2v) is 6.87. The van der Waals surface area contributed by atoms with Crippen LogP contribution in [0, 0.1) is 53.3 Å². The summed E-state index contributed by atoms with van der Waals surface area (Å²) in [7, 11) is 0. The minimum Gasteiger partial charge on any atom is -0.107 e. The van der Waals surface area contributed by atoms with Gasteiger partial charge in [0.1, 0.15) is 0 Å². The van der Waals surface area contributed by atoms with Crippen molar-refractivity contribution in [3.05, 3.63) is 72.9 Å². The maximum atomic E-state index is 3.94. The normalized spacial score (nSPS) is 10.0. The SMILES string of the molecule is C=C(C#CC)C(=C)CC.C=C(C)C(=C)C#CC.C=C1CCC(=C)C1C#CC.CC.CC#CCC. The number of rotatable bonds is 3. The first kappa shape index (κ1) is 38.0. The molecule has 0 saturated heterocycles. The highest BCUT2D eigenvalue weighted by atomic mass is 14.2. The molecular formula is C34H48. The molecular weight excluding hydrogens is 408 g/mol. The molecule has 0 aromatic carbocycles. The van der Waals surface area contributed by atoms with Crippen molar-refractivity contribution in [3.8, 4) is 47.4 Å². The third-order valence-electron chi connectivity index (χ3n) is 4.15. The molecule has 0 heteroatoms. The van der Waals surface area contributed by atoms with Crippen LogP contribution in [0.5, 0.6) is 0 Å². The smallest absolute Gasteiger partial charge is 0.0616 e. The average molecular weight is 457 g/mol. The highest BCUT2D eigenvalue weighted by molar-refractivity contribution is 5.41. The fourth-order valence-electron chi connectivity index (χ4n) is 2.13. The lowest BCUT2D eigenvalue weighted by Crippen LogP contribution is -1.92. The van der Waals surface area contributed by atoms with Gasteiger partial charge in [0.25, 0.3) is 0 Å². The van der Waals surface area contributed by atoms with Crippen molar-refractivity contribution in [2.45, 2.75) is 88.0 Å². The Balaban J connectivity index is -0.000000176. The van der Waals surface area contributed by atoms with Crippen LogP contribution in [0.3, 0.4) is 0 Å². The summed E-state index contributed by atoms with van der Waals surface area (Å²) in [5.41, 5.74) is 6.13. The Hall–Kier alpha value is -3.32. The number of hydrogen-bond donors (Lipinski definition) is 0. The van der Waals surface area contributed by atoms with E-state index in [1.165, 1.54) is 11.1 Å². The van der Waals surface area contributed by atoms with Crippen LogP contribution < -0.4 is 0 Å². The summed E-state index contributed by atoms with van der Waals surface area (Å²) in [6.07, 6.45) is 4.08. The van der Waals surface area contributed by atoms with Crippen LogP contribution in [0.25, 0.3) is 0 Å². The Morgan fingerprint density at radius 1 is 0.765 bits per heavy atom. The van der Waals surface area contributed by atoms with E-state index in [-0.39, 0.29) is 0 Å². The van der Waals surface area contributed by atoms with Gasteiger partial charge in [-0.3, -0.25) is 0 Å². The van der Waals surface area contributed by atoms with Crippen molar-refractivity contribution in [3.63, 3.8) is 0 Å². The van der Waals surface area contributed by atoms with E-state index >= 15 is 0 Å². The quantitative estimate of drug-likeness (QED) is 0.225. The molecule has 1 aliphatic rings. The summed E-state index contributed by atoms with van der Waals surface area (Å²) < 4.78 is 0. The zero-order valence-electron chi connectivity index (χ0n) is 23.6. The second-order valence-electron chi connectivity index (χ2n) is 6.87. The second kappa shape index (κ2) is 27.7. The summed E-state index contributed by atoms with van der Waals surface area (Å²) in [6, 6.07) is 0. The first-order chi connectivity index (χ1) is 16.1. The van der Waals surface area contributed by atoms with Gasteiger partial charge in [0.05, 0.1) is 5.92 Å². The van der Waals surface area contributed by atoms with Gasteiger partial charge < -0.3 is 0 Å². The molecule has 0 nitrogen and oxygen atoms in total. The largest absolute Gasteiger partial charge is 0.107 e. The van der Waals surface area contributed by atoms with Crippen LogP contribution in [0.2, 0.25) is 0 Å². The molecule has 1 aliphatic carbocycles. The van der Waals surface area contributed by atoms with E-state index in [9.17, 15) is 0 Å². The molecule has 1 fully saturated rings. The van der Waals surface area contributed by atoms with Gasteiger partial charge in [-0.05, 0) is 65.0 Å². The first-order valence-corrected chi connectivity index (χ1v) is 11.8. The van der Waals surface area contributed by atoms with Gasteiger partial charge in [0.15, 0.2) is 0 Å². The van der Waals surface area contributed by atoms with Gasteiger partial charge in [-0.1, -0.05) is 96.1 Å². The van der Waals surface area contributed by atoms with E-state index in [1.54, 1.807) is 13.8 Å². The molecule has 0 radical (unpaired) electrons. The van der Waals surface area contributed by atoms with Gasteiger partial charge >= 0.3 is 0 Å². The van der Waals surface area contributed by atoms with Crippen molar-refractivity contribution >= 4 is 0 Å². The highest BCUT2D eigenvalue weighted by Gasteiger charge is 2.20. The van der Waals surface area contributed by atoms with Crippen molar-refractivity contribution in [1.29, 1.82) is 0 Å². The fraction of sp³-hybridized carbons (Fsp3) is 0.412. The van der Waals surface area contributed by atoms with Crippen LogP contribution in [0.15, 0.2) is 72.9 Å². The molecule has 0 N–H and O–H groups in total. The molecule has 1 rings (SSSR count). The first-order valence-electron chi connectivity index (χ1n) is 11.8. The summed E-state index contributed by atoms with van der Waals surface area (Å²) in [6.45, 7) is 40.0. The van der Waals surface area contributed by atoms with Gasteiger partial charge in [0, 0.05) is 17.6 Å². The van der Waals surface area contributed by atoms with Gasteiger partial charge in [-0.15, -0.1) is 29.6 Å². The Bertz CT molecular complexity index is 899. The van der Waals surface area contributed by atoms with E-state index in [1.807, 2.05) is 48.5 Å². The third kappa shape index (κ3) is 23.3. The molecule has 0 atom stereocenters. The van der Waals surface area contributed by atoms with E-state index in [0.29, 0.717) is 5.92 Å².